The maximum Gasteiger partial charge on any atom is 0.0951 e. The molecule has 0 spiro atoms. The molecule has 0 saturated heterocycles. The molecule has 1 aromatic heterocycles. The molecule has 0 saturated carbocycles. The number of nitrogens with zero attached hydrogens (tertiary/aromatic N) is 2. The second-order valence-corrected chi connectivity index (χ2v) is 5.34. The summed E-state index contributed by atoms with van der Waals surface area (Å²) in [5.74, 6) is 0. The minimum Gasteiger partial charge on any atom is -0.328 e. The molecule has 96 valence electrons. The van der Waals surface area contributed by atoms with Crippen LogP contribution in [-0.2, 0) is 12.1 Å². The van der Waals surface area contributed by atoms with Crippen molar-refractivity contribution in [2.75, 3.05) is 7.05 Å². The fraction of sp³-hybridized carbons (Fsp3) is 0.357. The molecule has 1 aromatic carbocycles. The second kappa shape index (κ2) is 5.12. The molecule has 1 N–H and O–H groups in total. The van der Waals surface area contributed by atoms with Gasteiger partial charge in [-0.15, -0.1) is 0 Å². The largest absolute Gasteiger partial charge is 0.328 e. The summed E-state index contributed by atoms with van der Waals surface area (Å²) in [7, 11) is 1.96. The van der Waals surface area contributed by atoms with Crippen molar-refractivity contribution in [3.63, 3.8) is 0 Å². The van der Waals surface area contributed by atoms with Crippen LogP contribution in [-0.4, -0.2) is 16.6 Å². The van der Waals surface area contributed by atoms with Gasteiger partial charge in [-0.3, -0.25) is 0 Å². The summed E-state index contributed by atoms with van der Waals surface area (Å²) in [5, 5.41) is 4.06. The summed E-state index contributed by atoms with van der Waals surface area (Å²) in [6.07, 6.45) is 3.77. The third-order valence-corrected chi connectivity index (χ3v) is 3.50. The lowest BCUT2D eigenvalue weighted by Crippen LogP contribution is -2.35. The summed E-state index contributed by atoms with van der Waals surface area (Å²) < 4.78 is 2.15. The molecule has 0 aliphatic heterocycles. The van der Waals surface area contributed by atoms with Gasteiger partial charge in [-0.1, -0.05) is 23.7 Å². The Morgan fingerprint density at radius 1 is 1.28 bits per heavy atom. The summed E-state index contributed by atoms with van der Waals surface area (Å²) in [6.45, 7) is 5.09. The Balaban J connectivity index is 2.25. The van der Waals surface area contributed by atoms with E-state index < -0.39 is 0 Å². The fourth-order valence-corrected chi connectivity index (χ4v) is 2.01. The Bertz CT molecular complexity index is 514. The van der Waals surface area contributed by atoms with E-state index in [0.29, 0.717) is 0 Å². The van der Waals surface area contributed by atoms with Crippen LogP contribution < -0.4 is 5.32 Å². The van der Waals surface area contributed by atoms with Gasteiger partial charge in [0, 0.05) is 11.6 Å². The zero-order valence-corrected chi connectivity index (χ0v) is 11.7. The summed E-state index contributed by atoms with van der Waals surface area (Å²) in [4.78, 5) is 4.25. The highest BCUT2D eigenvalue weighted by Gasteiger charge is 2.21. The molecular weight excluding hydrogens is 246 g/mol. The Kier molecular flexibility index (Phi) is 3.73. The van der Waals surface area contributed by atoms with E-state index in [-0.39, 0.29) is 5.54 Å². The predicted octanol–water partition coefficient (Wildman–Crippen LogP) is 3.04. The zero-order valence-electron chi connectivity index (χ0n) is 10.9. The highest BCUT2D eigenvalue weighted by atomic mass is 35.5. The van der Waals surface area contributed by atoms with E-state index >= 15 is 0 Å². The molecule has 0 bridgehead atoms. The van der Waals surface area contributed by atoms with Crippen LogP contribution in [0.3, 0.4) is 0 Å². The van der Waals surface area contributed by atoms with Crippen molar-refractivity contribution in [1.29, 1.82) is 0 Å². The summed E-state index contributed by atoms with van der Waals surface area (Å²) in [5.41, 5.74) is 2.29. The fourth-order valence-electron chi connectivity index (χ4n) is 1.88. The van der Waals surface area contributed by atoms with Gasteiger partial charge >= 0.3 is 0 Å². The molecule has 18 heavy (non-hydrogen) atoms. The molecule has 0 aliphatic carbocycles. The zero-order chi connectivity index (χ0) is 13.2. The number of nitrogens with one attached hydrogen (secondary N) is 1. The number of hydrogen-bond donors (Lipinski definition) is 1. The van der Waals surface area contributed by atoms with Crippen LogP contribution in [0.2, 0.25) is 5.02 Å². The van der Waals surface area contributed by atoms with E-state index in [1.165, 1.54) is 11.3 Å². The average Bonchev–Trinajstić information content (AvgIpc) is 2.81. The van der Waals surface area contributed by atoms with Crippen LogP contribution in [0.1, 0.15) is 25.1 Å². The molecule has 0 radical (unpaired) electrons. The van der Waals surface area contributed by atoms with Crippen molar-refractivity contribution < 1.29 is 0 Å². The summed E-state index contributed by atoms with van der Waals surface area (Å²) >= 11 is 5.89. The van der Waals surface area contributed by atoms with Gasteiger partial charge in [-0.2, -0.15) is 0 Å². The van der Waals surface area contributed by atoms with Gasteiger partial charge in [-0.25, -0.2) is 4.98 Å². The van der Waals surface area contributed by atoms with Crippen LogP contribution in [0.25, 0.3) is 0 Å². The number of rotatable bonds is 4. The first-order chi connectivity index (χ1) is 8.53. The summed E-state index contributed by atoms with van der Waals surface area (Å²) in [6, 6.07) is 7.91. The molecule has 0 aliphatic rings. The molecule has 0 fully saturated rings. The minimum atomic E-state index is -0.0943. The topological polar surface area (TPSA) is 29.9 Å². The molecule has 0 unspecified atom stereocenters. The van der Waals surface area contributed by atoms with E-state index in [4.69, 9.17) is 11.6 Å². The molecule has 3 nitrogen and oxygen atoms in total. The molecular formula is C14H18ClN3. The number of benzene rings is 1. The van der Waals surface area contributed by atoms with Gasteiger partial charge in [0.15, 0.2) is 0 Å². The van der Waals surface area contributed by atoms with E-state index in [1.807, 2.05) is 43.8 Å². The van der Waals surface area contributed by atoms with Gasteiger partial charge in [0.25, 0.3) is 0 Å². The number of halogens is 1. The van der Waals surface area contributed by atoms with Gasteiger partial charge in [-0.05, 0) is 38.6 Å². The van der Waals surface area contributed by atoms with E-state index in [1.54, 1.807) is 0 Å². The van der Waals surface area contributed by atoms with Crippen LogP contribution in [0.4, 0.5) is 0 Å². The Morgan fingerprint density at radius 3 is 2.56 bits per heavy atom. The van der Waals surface area contributed by atoms with Crippen molar-refractivity contribution in [3.8, 4) is 0 Å². The first kappa shape index (κ1) is 13.1. The lowest BCUT2D eigenvalue weighted by Gasteiger charge is -2.25. The minimum absolute atomic E-state index is 0.0943. The number of hydrogen-bond acceptors (Lipinski definition) is 2. The molecule has 0 atom stereocenters. The molecule has 0 amide bonds. The highest BCUT2D eigenvalue weighted by Crippen LogP contribution is 2.20. The maximum atomic E-state index is 5.89. The first-order valence-electron chi connectivity index (χ1n) is 5.97. The van der Waals surface area contributed by atoms with Gasteiger partial charge in [0.2, 0.25) is 0 Å². The van der Waals surface area contributed by atoms with Crippen molar-refractivity contribution in [3.05, 3.63) is 53.1 Å². The SMILES string of the molecule is CNC(C)(C)c1cncn1Cc1ccc(Cl)cc1. The van der Waals surface area contributed by atoms with Gasteiger partial charge in [0.1, 0.15) is 0 Å². The normalized spacial score (nSPS) is 11.8. The van der Waals surface area contributed by atoms with Crippen molar-refractivity contribution in [2.45, 2.75) is 25.9 Å². The van der Waals surface area contributed by atoms with Gasteiger partial charge in [0.05, 0.1) is 23.8 Å². The third kappa shape index (κ3) is 2.74. The standard InChI is InChI=1S/C14H18ClN3/c1-14(2,16-3)13-8-17-10-18(13)9-11-4-6-12(15)7-5-11/h4-8,10,16H,9H2,1-3H3. The third-order valence-electron chi connectivity index (χ3n) is 3.24. The van der Waals surface area contributed by atoms with E-state index in [9.17, 15) is 0 Å². The highest BCUT2D eigenvalue weighted by molar-refractivity contribution is 6.30. The van der Waals surface area contributed by atoms with E-state index in [2.05, 4.69) is 28.7 Å². The number of aromatic nitrogens is 2. The van der Waals surface area contributed by atoms with Crippen LogP contribution >= 0.6 is 11.6 Å². The second-order valence-electron chi connectivity index (χ2n) is 4.91. The van der Waals surface area contributed by atoms with Crippen molar-refractivity contribution in [1.82, 2.24) is 14.9 Å². The lowest BCUT2D eigenvalue weighted by atomic mass is 10.0. The lowest BCUT2D eigenvalue weighted by molar-refractivity contribution is 0.413. The Labute approximate surface area is 113 Å². The molecule has 4 heteroatoms. The quantitative estimate of drug-likeness (QED) is 0.919. The first-order valence-corrected chi connectivity index (χ1v) is 6.34. The van der Waals surface area contributed by atoms with Crippen molar-refractivity contribution >= 4 is 11.6 Å². The number of imidazole rings is 1. The average molecular weight is 264 g/mol. The molecule has 2 aromatic rings. The van der Waals surface area contributed by atoms with Crippen LogP contribution in [0.15, 0.2) is 36.8 Å². The maximum absolute atomic E-state index is 5.89. The van der Waals surface area contributed by atoms with Crippen molar-refractivity contribution in [2.24, 2.45) is 0 Å². The predicted molar refractivity (Wildman–Crippen MR) is 74.9 cm³/mol. The Hall–Kier alpha value is -1.32. The van der Waals surface area contributed by atoms with Crippen LogP contribution in [0, 0.1) is 0 Å². The van der Waals surface area contributed by atoms with Gasteiger partial charge < -0.3 is 9.88 Å². The molecule has 1 heterocycles. The van der Waals surface area contributed by atoms with E-state index in [0.717, 1.165) is 11.6 Å². The van der Waals surface area contributed by atoms with Crippen LogP contribution in [0.5, 0.6) is 0 Å². The monoisotopic (exact) mass is 263 g/mol. The smallest absolute Gasteiger partial charge is 0.0951 e. The Morgan fingerprint density at radius 2 is 1.94 bits per heavy atom. The molecule has 2 rings (SSSR count).